The zero-order valence-corrected chi connectivity index (χ0v) is 18.6. The van der Waals surface area contributed by atoms with Crippen LogP contribution in [-0.2, 0) is 15.4 Å². The van der Waals surface area contributed by atoms with Gasteiger partial charge in [-0.15, -0.1) is 0 Å². The smallest absolute Gasteiger partial charge is 0.321 e. The molecule has 2 heterocycles. The molecule has 1 aliphatic carbocycles. The van der Waals surface area contributed by atoms with Crippen LogP contribution in [0, 0.1) is 12.8 Å². The number of aromatic nitrogens is 2. The summed E-state index contributed by atoms with van der Waals surface area (Å²) < 4.78 is 37.6. The van der Waals surface area contributed by atoms with Gasteiger partial charge in [-0.05, 0) is 56.9 Å². The van der Waals surface area contributed by atoms with Gasteiger partial charge in [0.2, 0.25) is 15.9 Å². The number of aryl methyl sites for hydroxylation is 1. The topological polar surface area (TPSA) is 127 Å². The number of amides is 2. The molecule has 0 radical (unpaired) electrons. The number of ether oxygens (including phenoxy) is 1. The molecule has 1 saturated carbocycles. The van der Waals surface area contributed by atoms with Crippen molar-refractivity contribution in [2.75, 3.05) is 31.3 Å². The number of rotatable bonds is 6. The Labute approximate surface area is 181 Å². The molecule has 2 N–H and O–H groups in total. The van der Waals surface area contributed by atoms with Crippen LogP contribution in [0.1, 0.15) is 31.5 Å². The highest BCUT2D eigenvalue weighted by molar-refractivity contribution is 7.89. The molecule has 0 spiro atoms. The molecular weight excluding hydrogens is 422 g/mol. The molecule has 2 aliphatic rings. The van der Waals surface area contributed by atoms with Gasteiger partial charge in [-0.1, -0.05) is 5.16 Å². The van der Waals surface area contributed by atoms with Crippen molar-refractivity contribution in [1.82, 2.24) is 19.8 Å². The van der Waals surface area contributed by atoms with Crippen molar-refractivity contribution in [3.8, 4) is 5.75 Å². The first-order valence-corrected chi connectivity index (χ1v) is 11.9. The van der Waals surface area contributed by atoms with Crippen LogP contribution in [-0.4, -0.2) is 61.5 Å². The third-order valence-electron chi connectivity index (χ3n) is 6.18. The van der Waals surface area contributed by atoms with Crippen LogP contribution in [0.15, 0.2) is 28.8 Å². The van der Waals surface area contributed by atoms with Gasteiger partial charge in [-0.3, -0.25) is 0 Å². The minimum absolute atomic E-state index is 0.0125. The molecule has 1 aliphatic heterocycles. The SMILES string of the molecule is CCS(=O)(=O)N[C@@H]1C[C@H]2CN(C(=O)Nc3ccc(OC)cc3)C[C@@]2(c2nc(C)no2)C1. The van der Waals surface area contributed by atoms with Crippen LogP contribution in [0.4, 0.5) is 10.5 Å². The molecule has 31 heavy (non-hydrogen) atoms. The maximum atomic E-state index is 12.9. The Morgan fingerprint density at radius 3 is 2.71 bits per heavy atom. The second-order valence-electron chi connectivity index (χ2n) is 8.20. The van der Waals surface area contributed by atoms with E-state index in [1.165, 1.54) is 0 Å². The average Bonchev–Trinajstić information content (AvgIpc) is 3.41. The maximum absolute atomic E-state index is 12.9. The molecule has 2 amide bonds. The van der Waals surface area contributed by atoms with E-state index in [9.17, 15) is 13.2 Å². The first-order valence-electron chi connectivity index (χ1n) is 10.3. The first-order chi connectivity index (χ1) is 14.7. The van der Waals surface area contributed by atoms with Crippen LogP contribution < -0.4 is 14.8 Å². The zero-order chi connectivity index (χ0) is 22.2. The van der Waals surface area contributed by atoms with Crippen molar-refractivity contribution >= 4 is 21.7 Å². The number of hydrogen-bond donors (Lipinski definition) is 2. The van der Waals surface area contributed by atoms with Crippen LogP contribution in [0.5, 0.6) is 5.75 Å². The Hall–Kier alpha value is -2.66. The number of sulfonamides is 1. The monoisotopic (exact) mass is 449 g/mol. The van der Waals surface area contributed by atoms with E-state index in [0.29, 0.717) is 49.1 Å². The highest BCUT2D eigenvalue weighted by Crippen LogP contribution is 2.50. The molecule has 0 unspecified atom stereocenters. The molecule has 2 aromatic rings. The minimum atomic E-state index is -3.33. The lowest BCUT2D eigenvalue weighted by Gasteiger charge is -2.25. The van der Waals surface area contributed by atoms with E-state index in [2.05, 4.69) is 20.2 Å². The summed E-state index contributed by atoms with van der Waals surface area (Å²) >= 11 is 0. The molecule has 1 saturated heterocycles. The lowest BCUT2D eigenvalue weighted by atomic mass is 9.80. The van der Waals surface area contributed by atoms with E-state index in [1.807, 2.05) is 0 Å². The fraction of sp³-hybridized carbons (Fsp3) is 0.550. The standard InChI is InChI=1S/C20H27N5O5S/c1-4-31(27,28)24-16-9-14-11-25(12-20(14,10-16)18-21-13(2)23-30-18)19(26)22-15-5-7-17(29-3)8-6-15/h5-8,14,16,24H,4,9-12H2,1-3H3,(H,22,26)/t14-,16+,20-/m0/s1. The van der Waals surface area contributed by atoms with E-state index >= 15 is 0 Å². The molecule has 11 heteroatoms. The van der Waals surface area contributed by atoms with Crippen LogP contribution in [0.3, 0.4) is 0 Å². The van der Waals surface area contributed by atoms with E-state index in [1.54, 1.807) is 50.1 Å². The third-order valence-corrected chi connectivity index (χ3v) is 7.64. The Morgan fingerprint density at radius 1 is 1.35 bits per heavy atom. The Kier molecular flexibility index (Phi) is 5.65. The molecule has 0 bridgehead atoms. The number of carbonyl (C=O) groups is 1. The number of likely N-dealkylation sites (tertiary alicyclic amines) is 1. The number of anilines is 1. The predicted octanol–water partition coefficient (Wildman–Crippen LogP) is 1.89. The van der Waals surface area contributed by atoms with Crippen LogP contribution >= 0.6 is 0 Å². The minimum Gasteiger partial charge on any atom is -0.497 e. The van der Waals surface area contributed by atoms with Crippen LogP contribution in [0.2, 0.25) is 0 Å². The molecule has 4 rings (SSSR count). The molecule has 1 aromatic heterocycles. The van der Waals surface area contributed by atoms with E-state index in [4.69, 9.17) is 9.26 Å². The molecule has 1 aromatic carbocycles. The largest absolute Gasteiger partial charge is 0.497 e. The van der Waals surface area contributed by atoms with Crippen molar-refractivity contribution in [1.29, 1.82) is 0 Å². The lowest BCUT2D eigenvalue weighted by molar-refractivity contribution is 0.212. The summed E-state index contributed by atoms with van der Waals surface area (Å²) in [6.45, 7) is 4.22. The van der Waals surface area contributed by atoms with Crippen molar-refractivity contribution in [3.63, 3.8) is 0 Å². The van der Waals surface area contributed by atoms with E-state index in [-0.39, 0.29) is 23.7 Å². The lowest BCUT2D eigenvalue weighted by Crippen LogP contribution is -2.41. The van der Waals surface area contributed by atoms with Crippen molar-refractivity contribution in [3.05, 3.63) is 36.0 Å². The normalized spacial score (nSPS) is 25.5. The summed E-state index contributed by atoms with van der Waals surface area (Å²) in [7, 11) is -1.75. The number of nitrogens with zero attached hydrogens (tertiary/aromatic N) is 3. The molecule has 2 fully saturated rings. The van der Waals surface area contributed by atoms with Crippen molar-refractivity contribution in [2.24, 2.45) is 5.92 Å². The summed E-state index contributed by atoms with van der Waals surface area (Å²) in [5.41, 5.74) is 0.0959. The van der Waals surface area contributed by atoms with Gasteiger partial charge in [0.05, 0.1) is 18.3 Å². The highest BCUT2D eigenvalue weighted by atomic mass is 32.2. The highest BCUT2D eigenvalue weighted by Gasteiger charge is 2.58. The Bertz CT molecular complexity index is 1050. The summed E-state index contributed by atoms with van der Waals surface area (Å²) in [6, 6.07) is 6.67. The number of urea groups is 1. The van der Waals surface area contributed by atoms with Crippen molar-refractivity contribution < 1.29 is 22.5 Å². The summed E-state index contributed by atoms with van der Waals surface area (Å²) in [5.74, 6) is 1.73. The summed E-state index contributed by atoms with van der Waals surface area (Å²) in [6.07, 6.45) is 1.11. The molecule has 168 valence electrons. The number of hydrogen-bond acceptors (Lipinski definition) is 7. The van der Waals surface area contributed by atoms with Gasteiger partial charge in [0.1, 0.15) is 5.75 Å². The second kappa shape index (κ2) is 8.12. The van der Waals surface area contributed by atoms with Gasteiger partial charge in [-0.2, -0.15) is 4.98 Å². The molecular formula is C20H27N5O5S. The Balaban J connectivity index is 1.53. The maximum Gasteiger partial charge on any atom is 0.321 e. The van der Waals surface area contributed by atoms with Gasteiger partial charge in [0.15, 0.2) is 5.82 Å². The van der Waals surface area contributed by atoms with Gasteiger partial charge in [0.25, 0.3) is 0 Å². The van der Waals surface area contributed by atoms with Crippen molar-refractivity contribution in [2.45, 2.75) is 38.1 Å². The quantitative estimate of drug-likeness (QED) is 0.689. The van der Waals surface area contributed by atoms with E-state index in [0.717, 1.165) is 0 Å². The van der Waals surface area contributed by atoms with Gasteiger partial charge in [0, 0.05) is 24.8 Å². The number of nitrogens with one attached hydrogen (secondary N) is 2. The Morgan fingerprint density at radius 2 is 2.10 bits per heavy atom. The van der Waals surface area contributed by atoms with E-state index < -0.39 is 15.4 Å². The van der Waals surface area contributed by atoms with Gasteiger partial charge >= 0.3 is 6.03 Å². The third kappa shape index (κ3) is 4.24. The second-order valence-corrected chi connectivity index (χ2v) is 10.2. The van der Waals surface area contributed by atoms with Gasteiger partial charge < -0.3 is 19.5 Å². The molecule has 10 nitrogen and oxygen atoms in total. The number of carbonyl (C=O) groups excluding carboxylic acids is 1. The van der Waals surface area contributed by atoms with Gasteiger partial charge in [-0.25, -0.2) is 17.9 Å². The zero-order valence-electron chi connectivity index (χ0n) is 17.8. The first kappa shape index (κ1) is 21.6. The number of fused-ring (bicyclic) bond motifs is 1. The molecule has 3 atom stereocenters. The number of benzene rings is 1. The fourth-order valence-corrected chi connectivity index (χ4v) is 5.51. The fourth-order valence-electron chi connectivity index (χ4n) is 4.66. The van der Waals surface area contributed by atoms with Crippen LogP contribution in [0.25, 0.3) is 0 Å². The predicted molar refractivity (Wildman–Crippen MR) is 113 cm³/mol. The summed E-state index contributed by atoms with van der Waals surface area (Å²) in [5, 5.41) is 6.84. The number of methoxy groups -OCH3 is 1. The summed E-state index contributed by atoms with van der Waals surface area (Å²) in [4.78, 5) is 19.1. The average molecular weight is 450 g/mol.